The fraction of sp³-hybridized carbons (Fsp3) is 0.702. The van der Waals surface area contributed by atoms with E-state index in [1.165, 1.54) is 64.2 Å². The monoisotopic (exact) mass is 1000 g/mol. The number of esters is 1. The van der Waals surface area contributed by atoms with E-state index in [1.807, 2.05) is 0 Å². The molecule has 6 atom stereocenters. The SMILES string of the molecule is CC/C=C\C/C=C\C/C=C\C/C=C\C/C=C\CCCCCCCCCCCC(=O)OC(COCCCCCCCCCC/C=C\C/C=C\C/C=C\CC)COC1OC(CO)C(O)C(OS(=O)(=O)O)C1O. The van der Waals surface area contributed by atoms with Crippen molar-refractivity contribution in [1.82, 2.24) is 0 Å². The van der Waals surface area contributed by atoms with E-state index in [2.05, 4.69) is 115 Å². The van der Waals surface area contributed by atoms with Crippen LogP contribution in [0.2, 0.25) is 0 Å². The van der Waals surface area contributed by atoms with Crippen molar-refractivity contribution in [3.8, 4) is 0 Å². The van der Waals surface area contributed by atoms with Crippen molar-refractivity contribution >= 4 is 16.4 Å². The largest absolute Gasteiger partial charge is 0.457 e. The molecule has 1 heterocycles. The van der Waals surface area contributed by atoms with E-state index in [9.17, 15) is 33.1 Å². The molecule has 0 amide bonds. The molecule has 1 saturated heterocycles. The second-order valence-corrected chi connectivity index (χ2v) is 19.1. The first-order valence-electron chi connectivity index (χ1n) is 27.0. The highest BCUT2D eigenvalue weighted by Crippen LogP contribution is 2.26. The van der Waals surface area contributed by atoms with E-state index in [4.69, 9.17) is 18.9 Å². The molecule has 0 saturated carbocycles. The normalized spacial score (nSPS) is 19.9. The zero-order chi connectivity index (χ0) is 51.0. The lowest BCUT2D eigenvalue weighted by Gasteiger charge is -2.41. The van der Waals surface area contributed by atoms with Gasteiger partial charge in [-0.1, -0.05) is 195 Å². The van der Waals surface area contributed by atoms with Crippen molar-refractivity contribution in [2.75, 3.05) is 26.4 Å². The summed E-state index contributed by atoms with van der Waals surface area (Å²) in [5.74, 6) is -0.412. The number of hydrogen-bond acceptors (Lipinski definition) is 11. The van der Waals surface area contributed by atoms with Crippen molar-refractivity contribution < 1.29 is 56.2 Å². The molecular formula is C57H96O12S. The van der Waals surface area contributed by atoms with Gasteiger partial charge in [0, 0.05) is 13.0 Å². The van der Waals surface area contributed by atoms with E-state index < -0.39 is 59.8 Å². The van der Waals surface area contributed by atoms with Gasteiger partial charge in [0.2, 0.25) is 0 Å². The van der Waals surface area contributed by atoms with Crippen LogP contribution in [0.1, 0.15) is 194 Å². The molecule has 0 aromatic heterocycles. The molecular weight excluding hydrogens is 909 g/mol. The molecule has 1 aliphatic rings. The summed E-state index contributed by atoms with van der Waals surface area (Å²) in [6, 6.07) is 0. The van der Waals surface area contributed by atoms with E-state index in [-0.39, 0.29) is 19.6 Å². The van der Waals surface area contributed by atoms with Crippen LogP contribution in [0.3, 0.4) is 0 Å². The van der Waals surface area contributed by atoms with Crippen LogP contribution in [0.25, 0.3) is 0 Å². The second kappa shape index (κ2) is 47.1. The predicted molar refractivity (Wildman–Crippen MR) is 285 cm³/mol. The Bertz CT molecular complexity index is 1580. The molecule has 0 aliphatic carbocycles. The first-order valence-corrected chi connectivity index (χ1v) is 28.4. The lowest BCUT2D eigenvalue weighted by Crippen LogP contribution is -2.60. The molecule has 1 fully saturated rings. The van der Waals surface area contributed by atoms with E-state index in [0.29, 0.717) is 13.0 Å². The predicted octanol–water partition coefficient (Wildman–Crippen LogP) is 13.0. The second-order valence-electron chi connectivity index (χ2n) is 18.1. The number of allylic oxidation sites excluding steroid dienone is 16. The Kier molecular flexibility index (Phi) is 43.7. The zero-order valence-electron chi connectivity index (χ0n) is 43.3. The molecule has 0 aromatic rings. The summed E-state index contributed by atoms with van der Waals surface area (Å²) in [7, 11) is -5.07. The van der Waals surface area contributed by atoms with Crippen LogP contribution in [0.4, 0.5) is 0 Å². The maximum Gasteiger partial charge on any atom is 0.397 e. The fourth-order valence-corrected chi connectivity index (χ4v) is 8.22. The van der Waals surface area contributed by atoms with E-state index in [1.54, 1.807) is 0 Å². The van der Waals surface area contributed by atoms with Crippen LogP contribution in [-0.4, -0.2) is 97.5 Å². The maximum atomic E-state index is 12.9. The van der Waals surface area contributed by atoms with Crippen LogP contribution in [0, 0.1) is 0 Å². The minimum absolute atomic E-state index is 0.0227. The van der Waals surface area contributed by atoms with E-state index in [0.717, 1.165) is 103 Å². The lowest BCUT2D eigenvalue weighted by atomic mass is 9.99. The molecule has 0 aromatic carbocycles. The molecule has 1 rings (SSSR count). The Morgan fingerprint density at radius 2 is 0.943 bits per heavy atom. The van der Waals surface area contributed by atoms with Gasteiger partial charge in [0.05, 0.1) is 19.8 Å². The van der Waals surface area contributed by atoms with E-state index >= 15 is 0 Å². The van der Waals surface area contributed by atoms with Gasteiger partial charge in [-0.15, -0.1) is 0 Å². The van der Waals surface area contributed by atoms with Crippen LogP contribution in [0.15, 0.2) is 97.2 Å². The van der Waals surface area contributed by atoms with Crippen LogP contribution in [-0.2, 0) is 38.3 Å². The van der Waals surface area contributed by atoms with Crippen molar-refractivity contribution in [3.63, 3.8) is 0 Å². The number of unbranched alkanes of at least 4 members (excludes halogenated alkanes) is 17. The van der Waals surface area contributed by atoms with Crippen LogP contribution >= 0.6 is 0 Å². The molecule has 13 heteroatoms. The standard InChI is InChI=1S/C57H96O12S/c1-3-5-7-9-11-13-15-17-19-21-23-24-25-26-27-28-29-30-32-34-36-38-40-42-44-46-53(59)67-51(50-66-57-55(61)56(69-70(62,63)64)54(60)52(48-58)68-57)49-65-47-45-43-41-39-37-35-33-31-22-20-18-16-14-12-10-8-6-4-2/h5-8,11-14,17-20,23-24,26-27,51-52,54-58,60-61H,3-4,9-10,15-16,21-22,25,28-50H2,1-2H3,(H,62,63,64)/b7-5-,8-6-,13-11-,14-12-,19-17-,20-18-,24-23-,27-26-. The number of rotatable bonds is 46. The van der Waals surface area contributed by atoms with Gasteiger partial charge in [-0.2, -0.15) is 8.42 Å². The summed E-state index contributed by atoms with van der Waals surface area (Å²) in [6.07, 6.45) is 55.8. The van der Waals surface area contributed by atoms with Crippen LogP contribution < -0.4 is 0 Å². The molecule has 0 radical (unpaired) electrons. The molecule has 0 spiro atoms. The van der Waals surface area contributed by atoms with Gasteiger partial charge in [0.25, 0.3) is 0 Å². The first kappa shape index (κ1) is 65.0. The Labute approximate surface area is 425 Å². The number of ether oxygens (including phenoxy) is 4. The van der Waals surface area contributed by atoms with Crippen molar-refractivity contribution in [2.45, 2.75) is 230 Å². The number of aliphatic hydroxyl groups is 3. The zero-order valence-corrected chi connectivity index (χ0v) is 44.1. The first-order chi connectivity index (χ1) is 34.1. The summed E-state index contributed by atoms with van der Waals surface area (Å²) in [5.41, 5.74) is 0. The minimum Gasteiger partial charge on any atom is -0.457 e. The highest BCUT2D eigenvalue weighted by atomic mass is 32.3. The summed E-state index contributed by atoms with van der Waals surface area (Å²) in [5, 5.41) is 30.8. The highest BCUT2D eigenvalue weighted by Gasteiger charge is 2.48. The molecule has 4 N–H and O–H groups in total. The van der Waals surface area contributed by atoms with Gasteiger partial charge >= 0.3 is 16.4 Å². The quantitative estimate of drug-likeness (QED) is 0.0197. The number of aliphatic hydroxyl groups excluding tert-OH is 3. The Hall–Kier alpha value is -2.98. The highest BCUT2D eigenvalue weighted by molar-refractivity contribution is 7.80. The summed E-state index contributed by atoms with van der Waals surface area (Å²) < 4.78 is 59.3. The number of carbonyl (C=O) groups is 1. The Morgan fingerprint density at radius 1 is 0.543 bits per heavy atom. The lowest BCUT2D eigenvalue weighted by molar-refractivity contribution is -0.301. The molecule has 70 heavy (non-hydrogen) atoms. The van der Waals surface area contributed by atoms with Crippen LogP contribution in [0.5, 0.6) is 0 Å². The van der Waals surface area contributed by atoms with Gasteiger partial charge in [0.1, 0.15) is 30.5 Å². The molecule has 12 nitrogen and oxygen atoms in total. The Balaban J connectivity index is 2.34. The molecule has 402 valence electrons. The summed E-state index contributed by atoms with van der Waals surface area (Å²) in [6.45, 7) is 3.74. The van der Waals surface area contributed by atoms with Crippen molar-refractivity contribution in [3.05, 3.63) is 97.2 Å². The maximum absolute atomic E-state index is 12.9. The molecule has 1 aliphatic heterocycles. The summed E-state index contributed by atoms with van der Waals surface area (Å²) in [4.78, 5) is 12.9. The smallest absolute Gasteiger partial charge is 0.397 e. The third-order valence-corrected chi connectivity index (χ3v) is 12.2. The number of hydrogen-bond donors (Lipinski definition) is 4. The van der Waals surface area contributed by atoms with Gasteiger partial charge in [-0.05, 0) is 89.9 Å². The van der Waals surface area contributed by atoms with Gasteiger partial charge in [0.15, 0.2) is 6.29 Å². The van der Waals surface area contributed by atoms with Gasteiger partial charge in [-0.3, -0.25) is 9.35 Å². The van der Waals surface area contributed by atoms with Crippen molar-refractivity contribution in [1.29, 1.82) is 0 Å². The average Bonchev–Trinajstić information content (AvgIpc) is 3.34. The van der Waals surface area contributed by atoms with Gasteiger partial charge in [-0.25, -0.2) is 4.18 Å². The molecule has 6 unspecified atom stereocenters. The van der Waals surface area contributed by atoms with Crippen molar-refractivity contribution in [2.24, 2.45) is 0 Å². The fourth-order valence-electron chi connectivity index (χ4n) is 7.71. The van der Waals surface area contributed by atoms with Gasteiger partial charge < -0.3 is 34.3 Å². The summed E-state index contributed by atoms with van der Waals surface area (Å²) >= 11 is 0. The minimum atomic E-state index is -5.07. The topological polar surface area (TPSA) is 178 Å². The number of carbonyl (C=O) groups excluding carboxylic acids is 1. The Morgan fingerprint density at radius 3 is 1.37 bits per heavy atom. The third kappa shape index (κ3) is 39.6. The third-order valence-electron chi connectivity index (χ3n) is 11.7. The average molecular weight is 1010 g/mol. The molecule has 0 bridgehead atoms.